The van der Waals surface area contributed by atoms with Crippen LogP contribution in [0.3, 0.4) is 0 Å². The van der Waals surface area contributed by atoms with Crippen LogP contribution in [0.4, 0.5) is 13.2 Å². The maximum atomic E-state index is 12.4. The molecule has 20 heavy (non-hydrogen) atoms. The van der Waals surface area contributed by atoms with Crippen LogP contribution < -0.4 is 0 Å². The van der Waals surface area contributed by atoms with E-state index in [-0.39, 0.29) is 19.6 Å². The minimum atomic E-state index is -4.63. The minimum absolute atomic E-state index is 0.0421. The molecule has 0 radical (unpaired) electrons. The van der Waals surface area contributed by atoms with Crippen molar-refractivity contribution in [3.05, 3.63) is 0 Å². The zero-order valence-corrected chi connectivity index (χ0v) is 11.7. The van der Waals surface area contributed by atoms with Gasteiger partial charge in [0.15, 0.2) is 0 Å². The zero-order chi connectivity index (χ0) is 15.6. The molecular formula is C10H17F3N2O4S. The number of piperidine rings is 1. The number of rotatable bonds is 5. The van der Waals surface area contributed by atoms with Crippen LogP contribution in [0.1, 0.15) is 19.8 Å². The van der Waals surface area contributed by atoms with Crippen molar-refractivity contribution in [2.45, 2.75) is 25.9 Å². The number of halogens is 3. The molecule has 0 saturated carbocycles. The summed E-state index contributed by atoms with van der Waals surface area (Å²) >= 11 is 0. The lowest BCUT2D eigenvalue weighted by molar-refractivity contribution is -0.143. The molecule has 6 nitrogen and oxygen atoms in total. The van der Waals surface area contributed by atoms with E-state index >= 15 is 0 Å². The number of carboxylic acid groups (broad SMARTS) is 1. The van der Waals surface area contributed by atoms with Crippen LogP contribution in [0.2, 0.25) is 0 Å². The van der Waals surface area contributed by atoms with Gasteiger partial charge in [0.05, 0.1) is 5.92 Å². The molecule has 0 aromatic rings. The third-order valence-corrected chi connectivity index (χ3v) is 5.12. The zero-order valence-electron chi connectivity index (χ0n) is 10.9. The summed E-state index contributed by atoms with van der Waals surface area (Å²) in [6.45, 7) is -0.829. The number of alkyl halides is 3. The van der Waals surface area contributed by atoms with Crippen LogP contribution in [0.5, 0.6) is 0 Å². The van der Waals surface area contributed by atoms with Crippen molar-refractivity contribution in [1.29, 1.82) is 0 Å². The van der Waals surface area contributed by atoms with Crippen molar-refractivity contribution < 1.29 is 31.5 Å². The molecule has 10 heteroatoms. The molecule has 1 unspecified atom stereocenters. The van der Waals surface area contributed by atoms with E-state index in [0.29, 0.717) is 17.1 Å². The Kier molecular flexibility index (Phi) is 5.39. The Morgan fingerprint density at radius 1 is 1.45 bits per heavy atom. The Morgan fingerprint density at radius 3 is 2.50 bits per heavy atom. The average molecular weight is 318 g/mol. The Hall–Kier alpha value is -0.870. The third-order valence-electron chi connectivity index (χ3n) is 3.09. The first-order chi connectivity index (χ1) is 9.08. The number of hydrogen-bond acceptors (Lipinski definition) is 3. The van der Waals surface area contributed by atoms with E-state index < -0.39 is 34.8 Å². The van der Waals surface area contributed by atoms with Gasteiger partial charge in [-0.15, -0.1) is 0 Å². The lowest BCUT2D eigenvalue weighted by Gasteiger charge is -2.34. The summed E-state index contributed by atoms with van der Waals surface area (Å²) in [4.78, 5) is 10.9. The molecule has 0 amide bonds. The van der Waals surface area contributed by atoms with Crippen LogP contribution in [-0.2, 0) is 15.0 Å². The standard InChI is InChI=1S/C10H17F3N2O4S/c1-2-14(7-10(11,12)13)20(18,19)15-5-3-4-8(6-15)9(16)17/h8H,2-7H2,1H3,(H,16,17). The highest BCUT2D eigenvalue weighted by Gasteiger charge is 2.40. The Morgan fingerprint density at radius 2 is 2.05 bits per heavy atom. The van der Waals surface area contributed by atoms with Crippen molar-refractivity contribution in [2.24, 2.45) is 5.92 Å². The van der Waals surface area contributed by atoms with E-state index in [1.807, 2.05) is 0 Å². The van der Waals surface area contributed by atoms with Gasteiger partial charge in [-0.2, -0.15) is 30.2 Å². The SMILES string of the molecule is CCN(CC(F)(F)F)S(=O)(=O)N1CCCC(C(=O)O)C1. The molecule has 1 fully saturated rings. The average Bonchev–Trinajstić information content (AvgIpc) is 2.34. The molecule has 1 saturated heterocycles. The second-order valence-corrected chi connectivity index (χ2v) is 6.51. The molecule has 1 aliphatic heterocycles. The van der Waals surface area contributed by atoms with E-state index in [1.54, 1.807) is 0 Å². The normalized spacial score (nSPS) is 22.1. The van der Waals surface area contributed by atoms with E-state index in [1.165, 1.54) is 6.92 Å². The van der Waals surface area contributed by atoms with Gasteiger partial charge < -0.3 is 5.11 Å². The van der Waals surface area contributed by atoms with Crippen LogP contribution in [0.15, 0.2) is 0 Å². The molecular weight excluding hydrogens is 301 g/mol. The van der Waals surface area contributed by atoms with Crippen LogP contribution in [-0.4, -0.2) is 60.5 Å². The predicted octanol–water partition coefficient (Wildman–Crippen LogP) is 0.912. The summed E-state index contributed by atoms with van der Waals surface area (Å²) in [5.41, 5.74) is 0. The van der Waals surface area contributed by atoms with Gasteiger partial charge in [-0.3, -0.25) is 4.79 Å². The summed E-state index contributed by atoms with van der Waals surface area (Å²) in [6.07, 6.45) is -3.99. The summed E-state index contributed by atoms with van der Waals surface area (Å²) < 4.78 is 62.5. The monoisotopic (exact) mass is 318 g/mol. The Balaban J connectivity index is 2.88. The fourth-order valence-electron chi connectivity index (χ4n) is 2.07. The first-order valence-corrected chi connectivity index (χ1v) is 7.52. The van der Waals surface area contributed by atoms with Gasteiger partial charge in [-0.05, 0) is 12.8 Å². The predicted molar refractivity (Wildman–Crippen MR) is 64.2 cm³/mol. The van der Waals surface area contributed by atoms with Crippen LogP contribution in [0, 0.1) is 5.92 Å². The van der Waals surface area contributed by atoms with Crippen LogP contribution >= 0.6 is 0 Å². The number of carboxylic acids is 1. The first kappa shape index (κ1) is 17.2. The largest absolute Gasteiger partial charge is 0.481 e. The molecule has 118 valence electrons. The molecule has 1 rings (SSSR count). The van der Waals surface area contributed by atoms with Crippen LogP contribution in [0.25, 0.3) is 0 Å². The van der Waals surface area contributed by atoms with Crippen molar-refractivity contribution in [3.8, 4) is 0 Å². The molecule has 0 bridgehead atoms. The van der Waals surface area contributed by atoms with Gasteiger partial charge in [0, 0.05) is 19.6 Å². The lowest BCUT2D eigenvalue weighted by Crippen LogP contribution is -2.51. The summed E-state index contributed by atoms with van der Waals surface area (Å²) in [7, 11) is -4.29. The van der Waals surface area contributed by atoms with Gasteiger partial charge in [0.2, 0.25) is 0 Å². The molecule has 0 spiro atoms. The van der Waals surface area contributed by atoms with E-state index in [9.17, 15) is 26.4 Å². The van der Waals surface area contributed by atoms with Gasteiger partial charge >= 0.3 is 12.1 Å². The summed E-state index contributed by atoms with van der Waals surface area (Å²) in [5.74, 6) is -2.01. The Labute approximate surface area is 115 Å². The fraction of sp³-hybridized carbons (Fsp3) is 0.900. The number of carbonyl (C=O) groups is 1. The lowest BCUT2D eigenvalue weighted by atomic mass is 10.0. The minimum Gasteiger partial charge on any atom is -0.481 e. The Bertz CT molecular complexity index is 452. The molecule has 1 atom stereocenters. The van der Waals surface area contributed by atoms with Crippen molar-refractivity contribution in [2.75, 3.05) is 26.2 Å². The first-order valence-electron chi connectivity index (χ1n) is 6.12. The highest BCUT2D eigenvalue weighted by molar-refractivity contribution is 7.86. The number of hydrogen-bond donors (Lipinski definition) is 1. The molecule has 1 heterocycles. The van der Waals surface area contributed by atoms with Gasteiger partial charge in [-0.25, -0.2) is 0 Å². The molecule has 0 aromatic heterocycles. The number of aliphatic carboxylic acids is 1. The maximum absolute atomic E-state index is 12.4. The second-order valence-electron chi connectivity index (χ2n) is 4.58. The quantitative estimate of drug-likeness (QED) is 0.817. The van der Waals surface area contributed by atoms with Gasteiger partial charge in [0.1, 0.15) is 6.54 Å². The summed E-state index contributed by atoms with van der Waals surface area (Å²) in [5, 5.41) is 8.89. The highest BCUT2D eigenvalue weighted by Crippen LogP contribution is 2.24. The second kappa shape index (κ2) is 6.27. The van der Waals surface area contributed by atoms with E-state index in [4.69, 9.17) is 5.11 Å². The highest BCUT2D eigenvalue weighted by atomic mass is 32.2. The molecule has 1 N–H and O–H groups in total. The molecule has 1 aliphatic rings. The topological polar surface area (TPSA) is 77.9 Å². The van der Waals surface area contributed by atoms with Crippen molar-refractivity contribution in [3.63, 3.8) is 0 Å². The molecule has 0 aliphatic carbocycles. The van der Waals surface area contributed by atoms with Crippen molar-refractivity contribution in [1.82, 2.24) is 8.61 Å². The molecule has 0 aromatic carbocycles. The third kappa shape index (κ3) is 4.32. The van der Waals surface area contributed by atoms with Crippen molar-refractivity contribution >= 4 is 16.2 Å². The van der Waals surface area contributed by atoms with Gasteiger partial charge in [-0.1, -0.05) is 6.92 Å². The van der Waals surface area contributed by atoms with E-state index in [2.05, 4.69) is 0 Å². The van der Waals surface area contributed by atoms with Gasteiger partial charge in [0.25, 0.3) is 10.2 Å². The maximum Gasteiger partial charge on any atom is 0.402 e. The summed E-state index contributed by atoms with van der Waals surface area (Å²) in [6, 6.07) is 0. The fourth-order valence-corrected chi connectivity index (χ4v) is 3.76. The number of nitrogens with zero attached hydrogens (tertiary/aromatic N) is 2. The smallest absolute Gasteiger partial charge is 0.402 e. The van der Waals surface area contributed by atoms with E-state index in [0.717, 1.165) is 4.31 Å².